The smallest absolute Gasteiger partial charge is 0.159 e. The molecule has 3 heteroatoms. The fourth-order valence-corrected chi connectivity index (χ4v) is 6.99. The van der Waals surface area contributed by atoms with Gasteiger partial charge >= 0.3 is 0 Å². The van der Waals surface area contributed by atoms with Gasteiger partial charge in [0.1, 0.15) is 5.78 Å². The quantitative estimate of drug-likeness (QED) is 0.609. The molecule has 0 aromatic carbocycles. The second-order valence-electron chi connectivity index (χ2n) is 9.18. The van der Waals surface area contributed by atoms with Gasteiger partial charge in [0.25, 0.3) is 0 Å². The summed E-state index contributed by atoms with van der Waals surface area (Å²) in [6.45, 7) is 6.57. The minimum atomic E-state index is -0.392. The monoisotopic (exact) mass is 334 g/mol. The van der Waals surface area contributed by atoms with Gasteiger partial charge in [-0.2, -0.15) is 0 Å². The van der Waals surface area contributed by atoms with Crippen LogP contribution < -0.4 is 0 Å². The molecular formula is C20H27ClO2. The van der Waals surface area contributed by atoms with Crippen molar-refractivity contribution in [3.63, 3.8) is 0 Å². The van der Waals surface area contributed by atoms with Crippen LogP contribution in [0.2, 0.25) is 0 Å². The van der Waals surface area contributed by atoms with Gasteiger partial charge in [0, 0.05) is 17.7 Å². The zero-order valence-electron chi connectivity index (χ0n) is 14.4. The molecule has 0 radical (unpaired) electrons. The van der Waals surface area contributed by atoms with Gasteiger partial charge in [-0.05, 0) is 68.3 Å². The second-order valence-corrected chi connectivity index (χ2v) is 9.80. The molecule has 4 rings (SSSR count). The molecule has 23 heavy (non-hydrogen) atoms. The first-order chi connectivity index (χ1) is 10.8. The van der Waals surface area contributed by atoms with Gasteiger partial charge in [0.15, 0.2) is 5.78 Å². The van der Waals surface area contributed by atoms with Crippen molar-refractivity contribution in [2.24, 2.45) is 34.5 Å². The summed E-state index contributed by atoms with van der Waals surface area (Å²) in [5, 5.41) is 0.191. The van der Waals surface area contributed by atoms with E-state index in [0.717, 1.165) is 37.7 Å². The van der Waals surface area contributed by atoms with E-state index in [1.54, 1.807) is 0 Å². The molecule has 0 bridgehead atoms. The van der Waals surface area contributed by atoms with Crippen LogP contribution in [0.25, 0.3) is 0 Å². The third kappa shape index (κ3) is 2.06. The van der Waals surface area contributed by atoms with Gasteiger partial charge in [0.2, 0.25) is 0 Å². The van der Waals surface area contributed by atoms with Crippen molar-refractivity contribution in [1.82, 2.24) is 0 Å². The number of hydrogen-bond donors (Lipinski definition) is 0. The lowest BCUT2D eigenvalue weighted by atomic mass is 9.47. The predicted octanol–water partition coefficient (Wildman–Crippen LogP) is 4.55. The number of fused-ring (bicyclic) bond motifs is 5. The highest BCUT2D eigenvalue weighted by Crippen LogP contribution is 2.64. The van der Waals surface area contributed by atoms with Gasteiger partial charge in [-0.3, -0.25) is 9.59 Å². The summed E-state index contributed by atoms with van der Waals surface area (Å²) in [5.74, 6) is 1.61. The zero-order chi connectivity index (χ0) is 16.6. The average molecular weight is 335 g/mol. The summed E-state index contributed by atoms with van der Waals surface area (Å²) < 4.78 is 0. The summed E-state index contributed by atoms with van der Waals surface area (Å²) in [7, 11) is 0. The first-order valence-corrected chi connectivity index (χ1v) is 9.61. The number of carbonyl (C=O) groups excluding carboxylic acids is 2. The van der Waals surface area contributed by atoms with Crippen LogP contribution in [-0.4, -0.2) is 16.9 Å². The molecule has 3 fully saturated rings. The Hall–Kier alpha value is -0.630. The van der Waals surface area contributed by atoms with Crippen molar-refractivity contribution in [2.75, 3.05) is 0 Å². The molecule has 0 heterocycles. The normalized spacial score (nSPS) is 52.5. The molecule has 0 amide bonds. The van der Waals surface area contributed by atoms with Crippen molar-refractivity contribution in [1.29, 1.82) is 0 Å². The molecule has 4 aliphatic carbocycles. The Morgan fingerprint density at radius 1 is 1.17 bits per heavy atom. The summed E-state index contributed by atoms with van der Waals surface area (Å²) in [5.41, 5.74) is 0.920. The van der Waals surface area contributed by atoms with Crippen molar-refractivity contribution in [3.05, 3.63) is 11.6 Å². The summed E-state index contributed by atoms with van der Waals surface area (Å²) >= 11 is 6.48. The van der Waals surface area contributed by atoms with E-state index in [1.807, 2.05) is 6.08 Å². The summed E-state index contributed by atoms with van der Waals surface area (Å²) in [6.07, 6.45) is 7.52. The van der Waals surface area contributed by atoms with Crippen LogP contribution in [0, 0.1) is 34.5 Å². The van der Waals surface area contributed by atoms with Gasteiger partial charge in [0.05, 0.1) is 5.41 Å². The fourth-order valence-electron chi connectivity index (χ4n) is 6.45. The second kappa shape index (κ2) is 4.94. The molecule has 7 atom stereocenters. The van der Waals surface area contributed by atoms with Crippen molar-refractivity contribution in [2.45, 2.75) is 64.7 Å². The van der Waals surface area contributed by atoms with Crippen LogP contribution in [-0.2, 0) is 9.59 Å². The van der Waals surface area contributed by atoms with E-state index in [2.05, 4.69) is 20.8 Å². The van der Waals surface area contributed by atoms with E-state index in [4.69, 9.17) is 11.6 Å². The van der Waals surface area contributed by atoms with Crippen LogP contribution >= 0.6 is 11.6 Å². The molecule has 0 spiro atoms. The van der Waals surface area contributed by atoms with Crippen LogP contribution in [0.4, 0.5) is 0 Å². The lowest BCUT2D eigenvalue weighted by Gasteiger charge is -2.55. The third-order valence-electron chi connectivity index (χ3n) is 7.72. The molecule has 0 aromatic rings. The van der Waals surface area contributed by atoms with E-state index in [0.29, 0.717) is 24.0 Å². The van der Waals surface area contributed by atoms with Crippen molar-refractivity contribution in [3.8, 4) is 0 Å². The van der Waals surface area contributed by atoms with Gasteiger partial charge in [-0.25, -0.2) is 0 Å². The van der Waals surface area contributed by atoms with Crippen LogP contribution in [0.3, 0.4) is 0 Å². The number of rotatable bonds is 0. The summed E-state index contributed by atoms with van der Waals surface area (Å²) in [4.78, 5) is 26.0. The molecule has 126 valence electrons. The lowest BCUT2D eigenvalue weighted by molar-refractivity contribution is -0.143. The van der Waals surface area contributed by atoms with Crippen molar-refractivity contribution < 1.29 is 9.59 Å². The molecule has 2 nitrogen and oxygen atoms in total. The first-order valence-electron chi connectivity index (χ1n) is 9.18. The molecule has 3 saturated carbocycles. The number of allylic oxidation sites excluding steroid dienone is 2. The minimum absolute atomic E-state index is 0.0172. The highest BCUT2D eigenvalue weighted by atomic mass is 35.5. The Kier molecular flexibility index (Phi) is 3.41. The molecule has 0 aromatic heterocycles. The number of alkyl halides is 1. The topological polar surface area (TPSA) is 34.1 Å². The lowest BCUT2D eigenvalue weighted by Crippen LogP contribution is -2.55. The van der Waals surface area contributed by atoms with E-state index < -0.39 is 5.41 Å². The maximum Gasteiger partial charge on any atom is 0.159 e. The zero-order valence-corrected chi connectivity index (χ0v) is 15.2. The molecule has 0 unspecified atom stereocenters. The Labute approximate surface area is 144 Å². The van der Waals surface area contributed by atoms with Gasteiger partial charge in [-0.15, -0.1) is 11.6 Å². The van der Waals surface area contributed by atoms with E-state index in [-0.39, 0.29) is 28.4 Å². The standard InChI is InChI=1S/C20H27ClO2/c1-11-6-12-8-16(22)18-14(20(12,3)17(23)7-11)4-5-19(2)10-13(21)9-15(18)19/h8,11,13-15,18H,4-7,9-10H2,1-3H3/t11-,13-,14+,15+,18-,19-,20+/m1/s1. The number of hydrogen-bond acceptors (Lipinski definition) is 2. The SMILES string of the molecule is C[C@H]1CC(=O)[C@@]2(C)C(=CC(=O)[C@H]3[C@@H]4C[C@@H](Cl)C[C@@]4(C)CC[C@@H]32)C1. The Morgan fingerprint density at radius 2 is 1.91 bits per heavy atom. The molecule has 0 aliphatic heterocycles. The van der Waals surface area contributed by atoms with Gasteiger partial charge in [-0.1, -0.05) is 19.4 Å². The van der Waals surface area contributed by atoms with E-state index >= 15 is 0 Å². The Balaban J connectivity index is 1.79. The number of ketones is 2. The van der Waals surface area contributed by atoms with Crippen LogP contribution in [0.1, 0.15) is 59.3 Å². The van der Waals surface area contributed by atoms with Crippen LogP contribution in [0.5, 0.6) is 0 Å². The molecule has 0 saturated heterocycles. The van der Waals surface area contributed by atoms with E-state index in [9.17, 15) is 9.59 Å². The maximum atomic E-state index is 13.0. The Bertz CT molecular complexity index is 609. The molecule has 4 aliphatic rings. The largest absolute Gasteiger partial charge is 0.299 e. The number of Topliss-reactive ketones (excluding diaryl/α,β-unsaturated/α-hetero) is 1. The van der Waals surface area contributed by atoms with Gasteiger partial charge < -0.3 is 0 Å². The summed E-state index contributed by atoms with van der Waals surface area (Å²) in [6, 6.07) is 0. The molecule has 0 N–H and O–H groups in total. The highest BCUT2D eigenvalue weighted by molar-refractivity contribution is 6.20. The van der Waals surface area contributed by atoms with E-state index in [1.165, 1.54) is 0 Å². The number of halogens is 1. The average Bonchev–Trinajstić information content (AvgIpc) is 2.76. The third-order valence-corrected chi connectivity index (χ3v) is 8.05. The van der Waals surface area contributed by atoms with Crippen LogP contribution in [0.15, 0.2) is 11.6 Å². The minimum Gasteiger partial charge on any atom is -0.299 e. The fraction of sp³-hybridized carbons (Fsp3) is 0.800. The highest BCUT2D eigenvalue weighted by Gasteiger charge is 2.61. The predicted molar refractivity (Wildman–Crippen MR) is 91.3 cm³/mol. The Morgan fingerprint density at radius 3 is 2.65 bits per heavy atom. The molecular weight excluding hydrogens is 308 g/mol. The van der Waals surface area contributed by atoms with Crippen molar-refractivity contribution >= 4 is 23.2 Å². The maximum absolute atomic E-state index is 13.0. The first kappa shape index (κ1) is 15.9. The number of carbonyl (C=O) groups is 2.